The highest BCUT2D eigenvalue weighted by Crippen LogP contribution is 2.43. The molecule has 0 aliphatic heterocycles. The van der Waals surface area contributed by atoms with Gasteiger partial charge < -0.3 is 30.3 Å². The fourth-order valence-corrected chi connectivity index (χ4v) is 6.29. The van der Waals surface area contributed by atoms with Gasteiger partial charge in [0.15, 0.2) is 6.10 Å². The van der Waals surface area contributed by atoms with Crippen molar-refractivity contribution in [2.75, 3.05) is 26.4 Å². The zero-order valence-electron chi connectivity index (χ0n) is 33.0. The van der Waals surface area contributed by atoms with Crippen molar-refractivity contribution < 1.29 is 43.0 Å². The second kappa shape index (κ2) is 37.8. The smallest absolute Gasteiger partial charge is 0.472 e. The molecular formula is C41H78NO9P. The third-order valence-electron chi connectivity index (χ3n) is 8.82. The number of ether oxygens (including phenoxy) is 2. The maximum absolute atomic E-state index is 12.4. The molecule has 11 heteroatoms. The lowest BCUT2D eigenvalue weighted by Gasteiger charge is -2.19. The highest BCUT2D eigenvalue weighted by Gasteiger charge is 2.24. The molecule has 1 unspecified atom stereocenters. The first-order chi connectivity index (χ1) is 25.3. The van der Waals surface area contributed by atoms with Crippen LogP contribution in [0.5, 0.6) is 0 Å². The van der Waals surface area contributed by atoms with E-state index in [-0.39, 0.29) is 38.8 Å². The van der Waals surface area contributed by atoms with Gasteiger partial charge in [0, 0.05) is 13.0 Å². The largest absolute Gasteiger partial charge is 0.492 e. The predicted molar refractivity (Wildman–Crippen MR) is 213 cm³/mol. The highest BCUT2D eigenvalue weighted by molar-refractivity contribution is 7.47. The van der Waals surface area contributed by atoms with Crippen molar-refractivity contribution in [2.45, 2.75) is 193 Å². The van der Waals surface area contributed by atoms with Crippen LogP contribution in [0.2, 0.25) is 0 Å². The molecule has 0 amide bonds. The molecule has 0 rings (SSSR count). The van der Waals surface area contributed by atoms with Crippen LogP contribution in [0.3, 0.4) is 0 Å². The summed E-state index contributed by atoms with van der Waals surface area (Å²) in [5, 5.41) is 20.4. The van der Waals surface area contributed by atoms with E-state index in [1.165, 1.54) is 76.9 Å². The standard InChI is InChI=1S/C41H78NO9P/c1-3-5-7-9-11-12-13-14-15-16-17-18-19-20-25-29-34-48-38(37-51-52(46,47)50-35-33-42)36-49-41(45)32-28-24-21-23-27-31-40(44)39(43)30-26-22-10-8-6-4-2/h14-15,22,26,29,34,38-40,43-44H,3-13,16-21,23-25,27-28,30-33,35-37,42H2,1-2H3,(H,46,47)/b15-14-,26-22-,34-29+/t38-,39-,40-/m1/s1. The van der Waals surface area contributed by atoms with Crippen molar-refractivity contribution in [3.8, 4) is 0 Å². The van der Waals surface area contributed by atoms with Gasteiger partial charge in [-0.1, -0.05) is 122 Å². The monoisotopic (exact) mass is 760 g/mol. The minimum Gasteiger partial charge on any atom is -0.492 e. The molecule has 0 aliphatic carbocycles. The van der Waals surface area contributed by atoms with Crippen molar-refractivity contribution in [1.29, 1.82) is 0 Å². The molecule has 0 bridgehead atoms. The Labute approximate surface area is 317 Å². The van der Waals surface area contributed by atoms with Gasteiger partial charge in [-0.3, -0.25) is 13.8 Å². The van der Waals surface area contributed by atoms with E-state index in [0.717, 1.165) is 64.2 Å². The molecule has 52 heavy (non-hydrogen) atoms. The summed E-state index contributed by atoms with van der Waals surface area (Å²) in [5.74, 6) is -0.373. The van der Waals surface area contributed by atoms with E-state index < -0.39 is 26.1 Å². The van der Waals surface area contributed by atoms with E-state index in [2.05, 4.69) is 32.1 Å². The maximum atomic E-state index is 12.4. The number of carbonyl (C=O) groups excluding carboxylic acids is 1. The molecule has 0 aliphatic rings. The van der Waals surface area contributed by atoms with Crippen LogP contribution in [-0.4, -0.2) is 65.8 Å². The van der Waals surface area contributed by atoms with Crippen molar-refractivity contribution in [2.24, 2.45) is 5.73 Å². The first-order valence-electron chi connectivity index (χ1n) is 20.7. The van der Waals surface area contributed by atoms with Crippen LogP contribution in [0.25, 0.3) is 0 Å². The van der Waals surface area contributed by atoms with Gasteiger partial charge in [-0.15, -0.1) is 0 Å². The number of hydrogen-bond donors (Lipinski definition) is 4. The molecule has 0 radical (unpaired) electrons. The number of phosphoric ester groups is 1. The molecule has 4 atom stereocenters. The van der Waals surface area contributed by atoms with E-state index in [0.29, 0.717) is 19.3 Å². The summed E-state index contributed by atoms with van der Waals surface area (Å²) in [6.07, 6.45) is 35.7. The molecule has 0 aromatic carbocycles. The Hall–Kier alpha value is -1.52. The SMILES string of the molecule is CCCCC/C=C\C[C@@H](O)[C@H](O)CCCCCCCC(=O)OC[C@H](COP(=O)(O)OCCN)O/C=C/CCCCCC/C=C\CCCCCCCC. The van der Waals surface area contributed by atoms with E-state index in [4.69, 9.17) is 24.3 Å². The van der Waals surface area contributed by atoms with Gasteiger partial charge in [-0.2, -0.15) is 0 Å². The molecule has 0 fully saturated rings. The van der Waals surface area contributed by atoms with Crippen LogP contribution in [0.15, 0.2) is 36.6 Å². The van der Waals surface area contributed by atoms with E-state index in [1.807, 2.05) is 12.2 Å². The Bertz CT molecular complexity index is 930. The summed E-state index contributed by atoms with van der Waals surface area (Å²) in [7, 11) is -4.30. The second-order valence-electron chi connectivity index (χ2n) is 13.9. The van der Waals surface area contributed by atoms with E-state index >= 15 is 0 Å². The molecule has 0 saturated heterocycles. The number of aliphatic hydroxyl groups excluding tert-OH is 2. The number of allylic oxidation sites excluding steroid dienone is 4. The zero-order valence-corrected chi connectivity index (χ0v) is 33.9. The summed E-state index contributed by atoms with van der Waals surface area (Å²) >= 11 is 0. The summed E-state index contributed by atoms with van der Waals surface area (Å²) in [6, 6.07) is 0. The number of carbonyl (C=O) groups is 1. The maximum Gasteiger partial charge on any atom is 0.472 e. The zero-order chi connectivity index (χ0) is 38.4. The molecule has 5 N–H and O–H groups in total. The minimum absolute atomic E-state index is 0.0757. The van der Waals surface area contributed by atoms with Gasteiger partial charge in [-0.25, -0.2) is 4.57 Å². The van der Waals surface area contributed by atoms with E-state index in [9.17, 15) is 24.5 Å². The molecule has 0 heterocycles. The van der Waals surface area contributed by atoms with Gasteiger partial charge in [0.2, 0.25) is 0 Å². The van der Waals surface area contributed by atoms with Crippen LogP contribution in [0, 0.1) is 0 Å². The summed E-state index contributed by atoms with van der Waals surface area (Å²) in [6.45, 7) is 3.96. The van der Waals surface area contributed by atoms with Gasteiger partial charge in [-0.05, 0) is 76.7 Å². The number of unbranched alkanes of at least 4 members (excludes halogenated alkanes) is 18. The number of nitrogens with two attached hydrogens (primary N) is 1. The summed E-state index contributed by atoms with van der Waals surface area (Å²) in [5.41, 5.74) is 5.35. The second-order valence-corrected chi connectivity index (χ2v) is 15.3. The fourth-order valence-electron chi connectivity index (χ4n) is 5.53. The van der Waals surface area contributed by atoms with Gasteiger partial charge >= 0.3 is 13.8 Å². The Kier molecular flexibility index (Phi) is 36.7. The lowest BCUT2D eigenvalue weighted by molar-refractivity contribution is -0.147. The first kappa shape index (κ1) is 50.5. The quantitative estimate of drug-likeness (QED) is 0.0156. The van der Waals surface area contributed by atoms with Crippen molar-refractivity contribution in [1.82, 2.24) is 0 Å². The summed E-state index contributed by atoms with van der Waals surface area (Å²) in [4.78, 5) is 22.2. The van der Waals surface area contributed by atoms with Crippen molar-refractivity contribution >= 4 is 13.8 Å². The molecule has 0 aromatic rings. The lowest BCUT2D eigenvalue weighted by atomic mass is 10.0. The fraction of sp³-hybridized carbons (Fsp3) is 0.829. The highest BCUT2D eigenvalue weighted by atomic mass is 31.2. The molecule has 0 spiro atoms. The number of rotatable bonds is 39. The molecule has 306 valence electrons. The average Bonchev–Trinajstić information content (AvgIpc) is 3.13. The Morgan fingerprint density at radius 3 is 1.81 bits per heavy atom. The lowest BCUT2D eigenvalue weighted by Crippen LogP contribution is -2.25. The van der Waals surface area contributed by atoms with Crippen molar-refractivity contribution in [3.63, 3.8) is 0 Å². The van der Waals surface area contributed by atoms with Crippen LogP contribution in [-0.2, 0) is 27.9 Å². The van der Waals surface area contributed by atoms with Crippen LogP contribution < -0.4 is 5.73 Å². The first-order valence-corrected chi connectivity index (χ1v) is 22.2. The van der Waals surface area contributed by atoms with Crippen molar-refractivity contribution in [3.05, 3.63) is 36.6 Å². The third kappa shape index (κ3) is 35.5. The van der Waals surface area contributed by atoms with Crippen LogP contribution in [0.1, 0.15) is 174 Å². The Morgan fingerprint density at radius 1 is 0.654 bits per heavy atom. The Balaban J connectivity index is 4.25. The average molecular weight is 760 g/mol. The number of esters is 1. The normalized spacial score (nSPS) is 15.0. The topological polar surface area (TPSA) is 158 Å². The Morgan fingerprint density at radius 2 is 1.17 bits per heavy atom. The minimum atomic E-state index is -4.30. The third-order valence-corrected chi connectivity index (χ3v) is 9.80. The van der Waals surface area contributed by atoms with Crippen LogP contribution in [0.4, 0.5) is 0 Å². The van der Waals surface area contributed by atoms with Gasteiger partial charge in [0.1, 0.15) is 6.61 Å². The van der Waals surface area contributed by atoms with E-state index in [1.54, 1.807) is 0 Å². The number of hydrogen-bond acceptors (Lipinski definition) is 9. The van der Waals surface area contributed by atoms with Gasteiger partial charge in [0.25, 0.3) is 0 Å². The molecular weight excluding hydrogens is 681 g/mol. The van der Waals surface area contributed by atoms with Gasteiger partial charge in [0.05, 0.1) is 31.7 Å². The number of aliphatic hydroxyl groups is 2. The number of phosphoric acid groups is 1. The molecule has 0 saturated carbocycles. The molecule has 10 nitrogen and oxygen atoms in total. The summed E-state index contributed by atoms with van der Waals surface area (Å²) < 4.78 is 33.0. The predicted octanol–water partition coefficient (Wildman–Crippen LogP) is 10.1. The van der Waals surface area contributed by atoms with Crippen LogP contribution >= 0.6 is 7.82 Å². The molecule has 0 aromatic heterocycles.